The Hall–Kier alpha value is -2.42. The van der Waals surface area contributed by atoms with Crippen LogP contribution in [0.1, 0.15) is 58.9 Å². The summed E-state index contributed by atoms with van der Waals surface area (Å²) in [5.74, 6) is -2.39. The molecule has 1 fully saturated rings. The zero-order chi connectivity index (χ0) is 25.8. The minimum Gasteiger partial charge on any atom is -0.317 e. The molecule has 4 N–H and O–H groups in total. The molecule has 2 rings (SSSR count). The van der Waals surface area contributed by atoms with E-state index in [4.69, 9.17) is 0 Å². The van der Waals surface area contributed by atoms with Crippen LogP contribution in [0.3, 0.4) is 0 Å². The third-order valence-electron chi connectivity index (χ3n) is 6.24. The molecule has 1 aliphatic heterocycles. The number of halogens is 1. The molecule has 0 aliphatic carbocycles. The van der Waals surface area contributed by atoms with Crippen LogP contribution in [0.2, 0.25) is 0 Å². The van der Waals surface area contributed by atoms with Gasteiger partial charge in [-0.25, -0.2) is 5.48 Å². The number of carbonyl (C=O) groups excluding carboxylic acids is 3. The summed E-state index contributed by atoms with van der Waals surface area (Å²) in [6, 6.07) is 9.68. The number of nitrogens with one attached hydrogen (secondary N) is 3. The Kier molecular flexibility index (Phi) is 14.4. The molecule has 0 unspecified atom stereocenters. The second kappa shape index (κ2) is 16.3. The van der Waals surface area contributed by atoms with Crippen LogP contribution in [0.25, 0.3) is 6.08 Å². The molecule has 202 valence electrons. The van der Waals surface area contributed by atoms with Crippen molar-refractivity contribution < 1.29 is 19.6 Å². The Balaban J connectivity index is 0.00000648. The monoisotopic (exact) mass is 522 g/mol. The van der Waals surface area contributed by atoms with Gasteiger partial charge >= 0.3 is 0 Å². The van der Waals surface area contributed by atoms with E-state index in [9.17, 15) is 19.6 Å². The lowest BCUT2D eigenvalue weighted by Crippen LogP contribution is -2.54. The fraction of sp³-hybridized carbons (Fsp3) is 0.593. The number of hydrazine groups is 1. The van der Waals surface area contributed by atoms with Crippen molar-refractivity contribution in [2.45, 2.75) is 53.4 Å². The summed E-state index contributed by atoms with van der Waals surface area (Å²) < 4.78 is 0. The normalized spacial score (nSPS) is 15.9. The van der Waals surface area contributed by atoms with Crippen LogP contribution >= 0.6 is 12.4 Å². The highest BCUT2D eigenvalue weighted by atomic mass is 35.5. The summed E-state index contributed by atoms with van der Waals surface area (Å²) in [6.07, 6.45) is 5.94. The fourth-order valence-electron chi connectivity index (χ4n) is 4.47. The summed E-state index contributed by atoms with van der Waals surface area (Å²) in [6.45, 7) is 9.92. The summed E-state index contributed by atoms with van der Waals surface area (Å²) in [5, 5.41) is 14.1. The molecule has 0 bridgehead atoms. The van der Waals surface area contributed by atoms with Gasteiger partial charge in [-0.15, -0.1) is 12.4 Å². The van der Waals surface area contributed by atoms with Crippen molar-refractivity contribution in [2.24, 2.45) is 29.6 Å². The highest BCUT2D eigenvalue weighted by Crippen LogP contribution is 2.26. The van der Waals surface area contributed by atoms with E-state index < -0.39 is 17.7 Å². The van der Waals surface area contributed by atoms with Gasteiger partial charge in [0.25, 0.3) is 0 Å². The number of amides is 3. The summed E-state index contributed by atoms with van der Waals surface area (Å²) >= 11 is 0. The van der Waals surface area contributed by atoms with Gasteiger partial charge in [0, 0.05) is 12.5 Å². The SMILES string of the molecule is CC(C)C[C@@H](C(=O)NN(CC(C)C)C(=O)C1CCNCC1)[C@H](CC=Cc1ccccc1)C(=O)NO.Cl. The molecule has 1 saturated heterocycles. The van der Waals surface area contributed by atoms with Crippen LogP contribution in [0.4, 0.5) is 0 Å². The smallest absolute Gasteiger partial charge is 0.247 e. The molecule has 3 amide bonds. The largest absolute Gasteiger partial charge is 0.317 e. The van der Waals surface area contributed by atoms with E-state index in [0.29, 0.717) is 13.0 Å². The number of allylic oxidation sites excluding steroid dienone is 1. The van der Waals surface area contributed by atoms with Crippen molar-refractivity contribution in [3.63, 3.8) is 0 Å². The zero-order valence-electron chi connectivity index (χ0n) is 21.9. The van der Waals surface area contributed by atoms with Crippen LogP contribution in [-0.2, 0) is 14.4 Å². The maximum atomic E-state index is 13.5. The van der Waals surface area contributed by atoms with Crippen LogP contribution < -0.4 is 16.2 Å². The number of nitrogens with zero attached hydrogens (tertiary/aromatic N) is 1. The Morgan fingerprint density at radius 3 is 2.22 bits per heavy atom. The van der Waals surface area contributed by atoms with Gasteiger partial charge < -0.3 is 5.32 Å². The Labute approximate surface area is 221 Å². The average molecular weight is 523 g/mol. The van der Waals surface area contributed by atoms with Crippen LogP contribution in [0.5, 0.6) is 0 Å². The number of hydrogen-bond acceptors (Lipinski definition) is 5. The molecular weight excluding hydrogens is 480 g/mol. The summed E-state index contributed by atoms with van der Waals surface area (Å²) in [4.78, 5) is 39.5. The summed E-state index contributed by atoms with van der Waals surface area (Å²) in [7, 11) is 0. The Morgan fingerprint density at radius 2 is 1.67 bits per heavy atom. The topological polar surface area (TPSA) is 111 Å². The first-order valence-electron chi connectivity index (χ1n) is 12.7. The molecule has 2 atom stereocenters. The van der Waals surface area contributed by atoms with E-state index in [0.717, 1.165) is 31.5 Å². The van der Waals surface area contributed by atoms with E-state index in [1.165, 1.54) is 5.01 Å². The number of rotatable bonds is 11. The number of piperidine rings is 1. The molecule has 9 heteroatoms. The van der Waals surface area contributed by atoms with Gasteiger partial charge in [0.05, 0.1) is 11.8 Å². The van der Waals surface area contributed by atoms with Crippen molar-refractivity contribution in [2.75, 3.05) is 19.6 Å². The second-order valence-electron chi connectivity index (χ2n) is 10.2. The fourth-order valence-corrected chi connectivity index (χ4v) is 4.47. The van der Waals surface area contributed by atoms with Crippen LogP contribution in [-0.4, -0.2) is 47.6 Å². The van der Waals surface area contributed by atoms with E-state index in [1.54, 1.807) is 5.48 Å². The van der Waals surface area contributed by atoms with Gasteiger partial charge in [-0.2, -0.15) is 0 Å². The van der Waals surface area contributed by atoms with E-state index >= 15 is 0 Å². The molecular formula is C27H43ClN4O4. The Bertz CT molecular complexity index is 841. The molecule has 1 aromatic carbocycles. The van der Waals surface area contributed by atoms with Crippen molar-refractivity contribution in [1.82, 2.24) is 21.2 Å². The van der Waals surface area contributed by atoms with Crippen LogP contribution in [0.15, 0.2) is 36.4 Å². The quantitative estimate of drug-likeness (QED) is 0.261. The molecule has 1 aromatic rings. The van der Waals surface area contributed by atoms with Crippen molar-refractivity contribution in [1.29, 1.82) is 0 Å². The number of hydrogen-bond donors (Lipinski definition) is 4. The van der Waals surface area contributed by atoms with Crippen LogP contribution in [0, 0.1) is 29.6 Å². The van der Waals surface area contributed by atoms with Gasteiger partial charge in [-0.1, -0.05) is 70.2 Å². The summed E-state index contributed by atoms with van der Waals surface area (Å²) in [5.41, 5.74) is 5.58. The van der Waals surface area contributed by atoms with Crippen molar-refractivity contribution >= 4 is 36.2 Å². The third-order valence-corrected chi connectivity index (χ3v) is 6.24. The maximum absolute atomic E-state index is 13.5. The standard InChI is InChI=1S/C27H42N4O4.ClH/c1-19(2)17-24(23(26(33)30-35)12-8-11-21-9-6-5-7-10-21)25(32)29-31(18-20(3)4)27(34)22-13-15-28-16-14-22;/h5-11,19-20,22-24,28,35H,12-18H2,1-4H3,(H,29,32)(H,30,33);1H/t23-,24+;/m0./s1. The van der Waals surface area contributed by atoms with Gasteiger partial charge in [0.1, 0.15) is 0 Å². The van der Waals surface area contributed by atoms with Crippen molar-refractivity contribution in [3.8, 4) is 0 Å². The third kappa shape index (κ3) is 10.3. The molecule has 36 heavy (non-hydrogen) atoms. The lowest BCUT2D eigenvalue weighted by Gasteiger charge is -2.33. The van der Waals surface area contributed by atoms with Gasteiger partial charge in [0.15, 0.2) is 0 Å². The predicted octanol–water partition coefficient (Wildman–Crippen LogP) is 3.81. The zero-order valence-corrected chi connectivity index (χ0v) is 22.7. The molecule has 1 heterocycles. The van der Waals surface area contributed by atoms with Gasteiger partial charge in [-0.3, -0.25) is 30.0 Å². The first-order valence-corrected chi connectivity index (χ1v) is 12.7. The number of benzene rings is 1. The second-order valence-corrected chi connectivity index (χ2v) is 10.2. The number of carbonyl (C=O) groups is 3. The molecule has 0 saturated carbocycles. The first kappa shape index (κ1) is 31.6. The first-order chi connectivity index (χ1) is 16.7. The highest BCUT2D eigenvalue weighted by molar-refractivity contribution is 5.89. The maximum Gasteiger partial charge on any atom is 0.247 e. The van der Waals surface area contributed by atoms with E-state index in [2.05, 4.69) is 10.7 Å². The molecule has 0 aromatic heterocycles. The average Bonchev–Trinajstić information content (AvgIpc) is 2.85. The van der Waals surface area contributed by atoms with E-state index in [-0.39, 0.29) is 48.4 Å². The minimum absolute atomic E-state index is 0. The molecule has 0 radical (unpaired) electrons. The molecule has 1 aliphatic rings. The van der Waals surface area contributed by atoms with E-state index in [1.807, 2.05) is 70.2 Å². The van der Waals surface area contributed by atoms with Gasteiger partial charge in [-0.05, 0) is 56.2 Å². The molecule has 8 nitrogen and oxygen atoms in total. The number of hydroxylamine groups is 1. The minimum atomic E-state index is -0.780. The molecule has 0 spiro atoms. The Morgan fingerprint density at radius 1 is 1.03 bits per heavy atom. The highest BCUT2D eigenvalue weighted by Gasteiger charge is 2.36. The lowest BCUT2D eigenvalue weighted by molar-refractivity contribution is -0.150. The lowest BCUT2D eigenvalue weighted by atomic mass is 9.82. The van der Waals surface area contributed by atoms with Gasteiger partial charge in [0.2, 0.25) is 17.7 Å². The predicted molar refractivity (Wildman–Crippen MR) is 144 cm³/mol. The van der Waals surface area contributed by atoms with Crippen molar-refractivity contribution in [3.05, 3.63) is 42.0 Å².